The second-order valence-corrected chi connectivity index (χ2v) is 10.4. The maximum Gasteiger partial charge on any atom is 0.407 e. The summed E-state index contributed by atoms with van der Waals surface area (Å²) in [6, 6.07) is 9.09. The van der Waals surface area contributed by atoms with Crippen molar-refractivity contribution in [2.75, 3.05) is 31.6 Å². The fourth-order valence-corrected chi connectivity index (χ4v) is 4.80. The summed E-state index contributed by atoms with van der Waals surface area (Å²) in [7, 11) is 0. The molecule has 2 aromatic carbocycles. The minimum absolute atomic E-state index is 0.0860. The number of benzene rings is 2. The van der Waals surface area contributed by atoms with Crippen LogP contribution in [0.1, 0.15) is 29.0 Å². The molecule has 3 atom stereocenters. The van der Waals surface area contributed by atoms with Crippen LogP contribution in [0.3, 0.4) is 0 Å². The summed E-state index contributed by atoms with van der Waals surface area (Å²) in [4.78, 5) is 28.6. The van der Waals surface area contributed by atoms with E-state index in [0.29, 0.717) is 17.5 Å². The molecule has 2 heterocycles. The van der Waals surface area contributed by atoms with E-state index >= 15 is 0 Å². The Kier molecular flexibility index (Phi) is 11.4. The zero-order valence-corrected chi connectivity index (χ0v) is 23.8. The van der Waals surface area contributed by atoms with Gasteiger partial charge in [0.2, 0.25) is 5.91 Å². The molecule has 0 saturated carbocycles. The number of nitrogens with two attached hydrogens (primary N) is 1. The molecule has 1 aliphatic heterocycles. The molecule has 1 aromatic heterocycles. The minimum atomic E-state index is -4.56. The van der Waals surface area contributed by atoms with E-state index in [4.69, 9.17) is 15.2 Å². The van der Waals surface area contributed by atoms with Gasteiger partial charge in [0, 0.05) is 18.0 Å². The number of hydrogen-bond donors (Lipinski definition) is 4. The van der Waals surface area contributed by atoms with Crippen LogP contribution in [0, 0.1) is 17.5 Å². The van der Waals surface area contributed by atoms with Crippen LogP contribution < -0.4 is 21.7 Å². The van der Waals surface area contributed by atoms with Crippen molar-refractivity contribution in [3.63, 3.8) is 0 Å². The third-order valence-electron chi connectivity index (χ3n) is 7.12. The molecule has 5 N–H and O–H groups in total. The van der Waals surface area contributed by atoms with Crippen molar-refractivity contribution in [1.82, 2.24) is 15.6 Å². The second-order valence-electron chi connectivity index (χ2n) is 10.4. The first-order valence-corrected chi connectivity index (χ1v) is 13.9. The van der Waals surface area contributed by atoms with Crippen LogP contribution >= 0.6 is 0 Å². The Morgan fingerprint density at radius 1 is 1.02 bits per heavy atom. The molecule has 15 heteroatoms. The SMILES string of the molecule is NC(C(=O)Nc1cncc(F)c1CCC1CNC(COC(=O)NCC(F)(F)F)CO1)C(c1ccc(F)cc1)c1ccc(F)cc1. The minimum Gasteiger partial charge on any atom is -0.448 e. The second kappa shape index (κ2) is 15.2. The molecule has 9 nitrogen and oxygen atoms in total. The number of pyridine rings is 1. The van der Waals surface area contributed by atoms with E-state index in [-0.39, 0.29) is 43.5 Å². The van der Waals surface area contributed by atoms with Gasteiger partial charge in [-0.3, -0.25) is 9.78 Å². The lowest BCUT2D eigenvalue weighted by atomic mass is 9.85. The average molecular weight is 640 g/mol. The van der Waals surface area contributed by atoms with E-state index < -0.39 is 60.2 Å². The quantitative estimate of drug-likeness (QED) is 0.232. The highest BCUT2D eigenvalue weighted by Crippen LogP contribution is 2.29. The Balaban J connectivity index is 1.35. The van der Waals surface area contributed by atoms with Gasteiger partial charge in [0.05, 0.1) is 42.9 Å². The van der Waals surface area contributed by atoms with Gasteiger partial charge in [0.1, 0.15) is 30.6 Å². The lowest BCUT2D eigenvalue weighted by Gasteiger charge is -2.30. The Morgan fingerprint density at radius 3 is 2.20 bits per heavy atom. The number of aromatic nitrogens is 1. The summed E-state index contributed by atoms with van der Waals surface area (Å²) in [5.74, 6) is -3.11. The predicted molar refractivity (Wildman–Crippen MR) is 151 cm³/mol. The zero-order valence-electron chi connectivity index (χ0n) is 23.8. The summed E-state index contributed by atoms with van der Waals surface area (Å²) < 4.78 is 89.3. The van der Waals surface area contributed by atoms with Gasteiger partial charge in [0.15, 0.2) is 0 Å². The number of nitrogens with zero attached hydrogens (tertiary/aromatic N) is 1. The molecule has 0 bridgehead atoms. The molecule has 0 spiro atoms. The highest BCUT2D eigenvalue weighted by atomic mass is 19.4. The van der Waals surface area contributed by atoms with Crippen LogP contribution in [0.15, 0.2) is 60.9 Å². The first kappa shape index (κ1) is 33.7. The van der Waals surface area contributed by atoms with Crippen molar-refractivity contribution >= 4 is 17.7 Å². The van der Waals surface area contributed by atoms with Gasteiger partial charge >= 0.3 is 12.3 Å². The average Bonchev–Trinajstić information content (AvgIpc) is 3.01. The number of ether oxygens (including phenoxy) is 2. The smallest absolute Gasteiger partial charge is 0.407 e. The summed E-state index contributed by atoms with van der Waals surface area (Å²) in [5.41, 5.74) is 7.66. The van der Waals surface area contributed by atoms with Gasteiger partial charge in [0.25, 0.3) is 0 Å². The molecule has 0 aliphatic carbocycles. The maximum atomic E-state index is 14.9. The third kappa shape index (κ3) is 9.89. The lowest BCUT2D eigenvalue weighted by molar-refractivity contribution is -0.124. The van der Waals surface area contributed by atoms with Crippen molar-refractivity contribution in [2.45, 2.75) is 43.1 Å². The Morgan fingerprint density at radius 2 is 1.64 bits per heavy atom. The normalized spacial score (nSPS) is 17.5. The van der Waals surface area contributed by atoms with E-state index in [1.807, 2.05) is 0 Å². The lowest BCUT2D eigenvalue weighted by Crippen LogP contribution is -2.49. The van der Waals surface area contributed by atoms with Crippen LogP contribution in [0.4, 0.5) is 36.8 Å². The van der Waals surface area contributed by atoms with Gasteiger partial charge in [-0.25, -0.2) is 18.0 Å². The van der Waals surface area contributed by atoms with E-state index in [9.17, 15) is 35.9 Å². The molecular weight excluding hydrogens is 608 g/mol. The third-order valence-corrected chi connectivity index (χ3v) is 7.12. The molecule has 2 amide bonds. The summed E-state index contributed by atoms with van der Waals surface area (Å²) in [5, 5.41) is 7.31. The predicted octanol–water partition coefficient (Wildman–Crippen LogP) is 4.17. The Hall–Kier alpha value is -4.21. The fraction of sp³-hybridized carbons (Fsp3) is 0.367. The van der Waals surface area contributed by atoms with Gasteiger partial charge < -0.3 is 31.2 Å². The Bertz CT molecular complexity index is 1390. The van der Waals surface area contributed by atoms with E-state index in [1.54, 1.807) is 5.32 Å². The molecule has 1 saturated heterocycles. The molecular formula is C30H31F6N5O4. The highest BCUT2D eigenvalue weighted by molar-refractivity contribution is 5.96. The van der Waals surface area contributed by atoms with Gasteiger partial charge in [-0.1, -0.05) is 24.3 Å². The van der Waals surface area contributed by atoms with E-state index in [2.05, 4.69) is 15.6 Å². The molecule has 4 rings (SSSR count). The molecule has 242 valence electrons. The number of morpholine rings is 1. The topological polar surface area (TPSA) is 128 Å². The van der Waals surface area contributed by atoms with Crippen molar-refractivity contribution in [3.8, 4) is 0 Å². The number of halogens is 6. The molecule has 0 radical (unpaired) electrons. The fourth-order valence-electron chi connectivity index (χ4n) is 4.80. The van der Waals surface area contributed by atoms with Crippen LogP contribution in [0.5, 0.6) is 0 Å². The van der Waals surface area contributed by atoms with Crippen molar-refractivity contribution < 1.29 is 45.4 Å². The van der Waals surface area contributed by atoms with Crippen molar-refractivity contribution in [2.24, 2.45) is 5.73 Å². The molecule has 1 aliphatic rings. The van der Waals surface area contributed by atoms with Gasteiger partial charge in [-0.15, -0.1) is 0 Å². The molecule has 45 heavy (non-hydrogen) atoms. The number of amides is 2. The Labute approximate surface area is 254 Å². The first-order chi connectivity index (χ1) is 21.4. The van der Waals surface area contributed by atoms with E-state index in [1.165, 1.54) is 54.7 Å². The summed E-state index contributed by atoms with van der Waals surface area (Å²) in [6.45, 7) is -1.36. The molecule has 3 unspecified atom stereocenters. The van der Waals surface area contributed by atoms with Crippen LogP contribution in [-0.2, 0) is 20.7 Å². The summed E-state index contributed by atoms with van der Waals surface area (Å²) >= 11 is 0. The highest BCUT2D eigenvalue weighted by Gasteiger charge is 2.30. The number of alkyl halides is 3. The van der Waals surface area contributed by atoms with Gasteiger partial charge in [-0.2, -0.15) is 13.2 Å². The van der Waals surface area contributed by atoms with Crippen LogP contribution in [-0.4, -0.2) is 67.7 Å². The molecule has 3 aromatic rings. The molecule has 1 fully saturated rings. The van der Waals surface area contributed by atoms with Crippen LogP contribution in [0.25, 0.3) is 0 Å². The van der Waals surface area contributed by atoms with Crippen molar-refractivity contribution in [1.29, 1.82) is 0 Å². The maximum absolute atomic E-state index is 14.9. The number of carbonyl (C=O) groups is 2. The number of rotatable bonds is 11. The number of nitrogens with one attached hydrogen (secondary N) is 3. The zero-order chi connectivity index (χ0) is 32.6. The largest absolute Gasteiger partial charge is 0.448 e. The number of hydrogen-bond acceptors (Lipinski definition) is 7. The monoisotopic (exact) mass is 639 g/mol. The standard InChI is InChI=1S/C30H31F6N5O4/c31-19-5-1-17(2-6-19)26(18-3-7-20(32)8-4-18)27(37)28(42)41-25-13-38-12-24(33)23(25)10-9-22-11-39-21(14-44-22)15-45-29(43)40-16-30(34,35)36/h1-8,12-13,21-22,26-27,39H,9-11,14-16,37H2,(H,40,43)(H,41,42). The number of carbonyl (C=O) groups excluding carboxylic acids is 2. The van der Waals surface area contributed by atoms with Crippen molar-refractivity contribution in [3.05, 3.63) is 95.1 Å². The van der Waals surface area contributed by atoms with Gasteiger partial charge in [-0.05, 0) is 48.2 Å². The van der Waals surface area contributed by atoms with E-state index in [0.717, 1.165) is 6.20 Å². The summed E-state index contributed by atoms with van der Waals surface area (Å²) in [6.07, 6.45) is -3.42. The first-order valence-electron chi connectivity index (χ1n) is 13.9. The van der Waals surface area contributed by atoms with Crippen LogP contribution in [0.2, 0.25) is 0 Å². The number of alkyl carbamates (subject to hydrolysis) is 1. The number of anilines is 1.